The molecule has 0 N–H and O–H groups in total. The number of benzene rings is 3. The highest BCUT2D eigenvalue weighted by atomic mass is 79.9. The Morgan fingerprint density at radius 2 is 1.91 bits per heavy atom. The Hall–Kier alpha value is -3.24. The first-order valence-corrected chi connectivity index (χ1v) is 12.4. The summed E-state index contributed by atoms with van der Waals surface area (Å²) in [7, 11) is 0. The maximum absolute atomic E-state index is 13.4. The maximum Gasteiger partial charge on any atom is 0.220 e. The molecule has 0 aliphatic heterocycles. The van der Waals surface area contributed by atoms with Crippen molar-refractivity contribution in [3.63, 3.8) is 0 Å². The van der Waals surface area contributed by atoms with E-state index in [1.165, 1.54) is 23.9 Å². The van der Waals surface area contributed by atoms with Crippen LogP contribution in [0.4, 0.5) is 4.39 Å². The summed E-state index contributed by atoms with van der Waals surface area (Å²) >= 11 is 4.80. The van der Waals surface area contributed by atoms with Crippen LogP contribution in [0.25, 0.3) is 5.69 Å². The predicted molar refractivity (Wildman–Crippen MR) is 136 cm³/mol. The minimum absolute atomic E-state index is 0.196. The van der Waals surface area contributed by atoms with E-state index >= 15 is 0 Å². The van der Waals surface area contributed by atoms with Crippen molar-refractivity contribution in [2.75, 3.05) is 6.54 Å². The van der Waals surface area contributed by atoms with Gasteiger partial charge in [-0.25, -0.2) is 4.39 Å². The van der Waals surface area contributed by atoms with Crippen LogP contribution in [-0.2, 0) is 6.61 Å². The van der Waals surface area contributed by atoms with Gasteiger partial charge in [0.05, 0.1) is 4.47 Å². The molecule has 0 radical (unpaired) electrons. The molecule has 0 aliphatic rings. The van der Waals surface area contributed by atoms with Crippen molar-refractivity contribution in [3.8, 4) is 11.4 Å². The second kappa shape index (κ2) is 11.0. The van der Waals surface area contributed by atoms with E-state index in [1.54, 1.807) is 24.3 Å². The number of rotatable bonds is 9. The van der Waals surface area contributed by atoms with E-state index in [0.717, 1.165) is 16.8 Å². The molecule has 0 saturated carbocycles. The first-order valence-electron chi connectivity index (χ1n) is 10.7. The normalized spacial score (nSPS) is 11.9. The number of hydrogen-bond donors (Lipinski definition) is 0. The summed E-state index contributed by atoms with van der Waals surface area (Å²) in [4.78, 5) is 11.2. The minimum Gasteiger partial charge on any atom is -0.488 e. The number of halogens is 2. The molecule has 1 atom stereocenters. The average molecular weight is 557 g/mol. The first kappa shape index (κ1) is 24.9. The zero-order valence-electron chi connectivity index (χ0n) is 19.0. The van der Waals surface area contributed by atoms with Crippen LogP contribution in [-0.4, -0.2) is 26.2 Å². The van der Waals surface area contributed by atoms with E-state index in [9.17, 15) is 14.5 Å². The molecule has 3 aromatic carbocycles. The standard InChI is InChI=1S/C25H22BrFN4O3S/c1-16-5-3-8-21(11-16)31-17(2)28-29-25(31)35-24(14-30(32)33)19-9-10-23(22(26)13-19)34-15-18-6-4-7-20(27)12-18/h3-13,24H,14-15H2,1-2H3/t24-/m1/s1. The first-order chi connectivity index (χ1) is 16.8. The van der Waals surface area contributed by atoms with E-state index in [2.05, 4.69) is 26.1 Å². The van der Waals surface area contributed by atoms with Gasteiger partial charge in [0.15, 0.2) is 5.16 Å². The van der Waals surface area contributed by atoms with Gasteiger partial charge in [-0.05, 0) is 82.9 Å². The van der Waals surface area contributed by atoms with E-state index < -0.39 is 5.25 Å². The second-order valence-electron chi connectivity index (χ2n) is 7.93. The van der Waals surface area contributed by atoms with Gasteiger partial charge >= 0.3 is 0 Å². The average Bonchev–Trinajstić information content (AvgIpc) is 3.17. The van der Waals surface area contributed by atoms with E-state index in [0.29, 0.717) is 26.8 Å². The van der Waals surface area contributed by atoms with Crippen molar-refractivity contribution in [1.82, 2.24) is 14.8 Å². The van der Waals surface area contributed by atoms with Gasteiger partial charge in [0.2, 0.25) is 6.54 Å². The van der Waals surface area contributed by atoms with Crippen molar-refractivity contribution >= 4 is 27.7 Å². The third-order valence-electron chi connectivity index (χ3n) is 5.23. The monoisotopic (exact) mass is 556 g/mol. The Kier molecular flexibility index (Phi) is 7.82. The molecule has 0 bridgehead atoms. The van der Waals surface area contributed by atoms with Crippen molar-refractivity contribution in [1.29, 1.82) is 0 Å². The lowest BCUT2D eigenvalue weighted by Gasteiger charge is -2.16. The molecule has 4 rings (SSSR count). The summed E-state index contributed by atoms with van der Waals surface area (Å²) < 4.78 is 21.8. The summed E-state index contributed by atoms with van der Waals surface area (Å²) in [6.07, 6.45) is 0. The maximum atomic E-state index is 13.4. The van der Waals surface area contributed by atoms with Gasteiger partial charge in [-0.2, -0.15) is 0 Å². The fraction of sp³-hybridized carbons (Fsp3) is 0.200. The molecule has 0 spiro atoms. The highest BCUT2D eigenvalue weighted by molar-refractivity contribution is 9.10. The lowest BCUT2D eigenvalue weighted by Crippen LogP contribution is -2.11. The zero-order valence-corrected chi connectivity index (χ0v) is 21.4. The smallest absolute Gasteiger partial charge is 0.220 e. The lowest BCUT2D eigenvalue weighted by atomic mass is 10.1. The summed E-state index contributed by atoms with van der Waals surface area (Å²) in [5, 5.41) is 20.1. The predicted octanol–water partition coefficient (Wildman–Crippen LogP) is 6.47. The molecule has 0 unspecified atom stereocenters. The molecular formula is C25H22BrFN4O3S. The quantitative estimate of drug-likeness (QED) is 0.133. The van der Waals surface area contributed by atoms with Gasteiger partial charge in [-0.15, -0.1) is 10.2 Å². The topological polar surface area (TPSA) is 83.1 Å². The fourth-order valence-electron chi connectivity index (χ4n) is 3.58. The van der Waals surface area contributed by atoms with Gasteiger partial charge in [-0.3, -0.25) is 14.7 Å². The van der Waals surface area contributed by atoms with Crippen LogP contribution >= 0.6 is 27.7 Å². The second-order valence-corrected chi connectivity index (χ2v) is 9.96. The van der Waals surface area contributed by atoms with Crippen molar-refractivity contribution in [2.24, 2.45) is 0 Å². The van der Waals surface area contributed by atoms with Gasteiger partial charge in [-0.1, -0.05) is 42.1 Å². The number of nitro groups is 1. The van der Waals surface area contributed by atoms with Crippen LogP contribution in [0.15, 0.2) is 76.4 Å². The number of thioether (sulfide) groups is 1. The van der Waals surface area contributed by atoms with Crippen LogP contribution in [0.1, 0.15) is 27.8 Å². The number of aromatic nitrogens is 3. The molecular weight excluding hydrogens is 535 g/mol. The molecule has 1 heterocycles. The van der Waals surface area contributed by atoms with E-state index in [4.69, 9.17) is 4.74 Å². The van der Waals surface area contributed by atoms with Gasteiger partial charge in [0.1, 0.15) is 29.2 Å². The van der Waals surface area contributed by atoms with Crippen LogP contribution in [0, 0.1) is 29.8 Å². The molecule has 1 aromatic heterocycles. The number of ether oxygens (including phenoxy) is 1. The van der Waals surface area contributed by atoms with Crippen molar-refractivity contribution < 1.29 is 14.1 Å². The molecule has 0 amide bonds. The molecule has 10 heteroatoms. The molecule has 7 nitrogen and oxygen atoms in total. The fourth-order valence-corrected chi connectivity index (χ4v) is 5.25. The SMILES string of the molecule is Cc1cccc(-n2c(C)nnc2S[C@H](C[N+](=O)[O-])c2ccc(OCc3cccc(F)c3)c(Br)c2)c1. The Morgan fingerprint density at radius 1 is 1.11 bits per heavy atom. The molecule has 180 valence electrons. The highest BCUT2D eigenvalue weighted by Gasteiger charge is 2.24. The number of hydrogen-bond acceptors (Lipinski definition) is 6. The van der Waals surface area contributed by atoms with Crippen LogP contribution in [0.2, 0.25) is 0 Å². The van der Waals surface area contributed by atoms with Gasteiger partial charge < -0.3 is 4.74 Å². The minimum atomic E-state index is -0.509. The third kappa shape index (κ3) is 6.26. The molecule has 0 saturated heterocycles. The lowest BCUT2D eigenvalue weighted by molar-refractivity contribution is -0.479. The third-order valence-corrected chi connectivity index (χ3v) is 7.03. The molecule has 0 fully saturated rings. The van der Waals surface area contributed by atoms with Gasteiger partial charge in [0.25, 0.3) is 0 Å². The molecule has 35 heavy (non-hydrogen) atoms. The van der Waals surface area contributed by atoms with Crippen LogP contribution < -0.4 is 4.74 Å². The molecule has 0 aliphatic carbocycles. The Labute approximate surface area is 214 Å². The van der Waals surface area contributed by atoms with Crippen LogP contribution in [0.3, 0.4) is 0 Å². The Bertz CT molecular complexity index is 1360. The van der Waals surface area contributed by atoms with Crippen LogP contribution in [0.5, 0.6) is 5.75 Å². The van der Waals surface area contributed by atoms with Crippen molar-refractivity contribution in [2.45, 2.75) is 30.9 Å². The van der Waals surface area contributed by atoms with E-state index in [1.807, 2.05) is 48.7 Å². The Morgan fingerprint density at radius 3 is 2.63 bits per heavy atom. The van der Waals surface area contributed by atoms with E-state index in [-0.39, 0.29) is 23.9 Å². The number of nitrogens with zero attached hydrogens (tertiary/aromatic N) is 4. The Balaban J connectivity index is 1.58. The highest BCUT2D eigenvalue weighted by Crippen LogP contribution is 2.39. The summed E-state index contributed by atoms with van der Waals surface area (Å²) in [5.74, 6) is 0.927. The largest absolute Gasteiger partial charge is 0.488 e. The zero-order chi connectivity index (χ0) is 24.9. The summed E-state index contributed by atoms with van der Waals surface area (Å²) in [6, 6.07) is 19.5. The van der Waals surface area contributed by atoms with Crippen molar-refractivity contribution in [3.05, 3.63) is 110 Å². The summed E-state index contributed by atoms with van der Waals surface area (Å²) in [5.41, 5.74) is 3.44. The number of aryl methyl sites for hydroxylation is 2. The molecule has 4 aromatic rings. The van der Waals surface area contributed by atoms with Gasteiger partial charge in [0, 0.05) is 10.6 Å². The summed E-state index contributed by atoms with van der Waals surface area (Å²) in [6.45, 7) is 3.76.